The van der Waals surface area contributed by atoms with Crippen molar-refractivity contribution in [1.82, 2.24) is 0 Å². The lowest BCUT2D eigenvalue weighted by Gasteiger charge is -2.04. The predicted molar refractivity (Wildman–Crippen MR) is 58.2 cm³/mol. The van der Waals surface area contributed by atoms with E-state index in [2.05, 4.69) is 4.79 Å². The van der Waals surface area contributed by atoms with Gasteiger partial charge in [-0.2, -0.15) is 4.79 Å². The minimum Gasteiger partial charge on any atom is -0.361 e. The normalized spacial score (nSPS) is 10.6. The maximum Gasteiger partial charge on any atom is 0.328 e. The molecule has 0 fully saturated rings. The third kappa shape index (κ3) is 2.42. The Balaban J connectivity index is 3.43. The summed E-state index contributed by atoms with van der Waals surface area (Å²) in [5, 5.41) is 0. The minimum atomic E-state index is -3.46. The van der Waals surface area contributed by atoms with Crippen LogP contribution in [0.2, 0.25) is 0 Å². The number of Topliss-reactive ketones (excluding diaryl/α,β-unsaturated/α-hetero) is 1. The molecular formula is C10H10N2O3S. The molecule has 0 unspecified atom stereocenters. The molecule has 0 aliphatic carbocycles. The summed E-state index contributed by atoms with van der Waals surface area (Å²) in [5.74, 6) is -0.733. The monoisotopic (exact) mass is 238 g/mol. The van der Waals surface area contributed by atoms with Crippen LogP contribution in [0.3, 0.4) is 0 Å². The zero-order chi connectivity index (χ0) is 12.2. The Kier molecular flexibility index (Phi) is 3.71. The standard InChI is InChI=1S/C10H10N2O3S/c1-2-16(14,15)10-6-4-3-5-8(10)9(13)7-12-11/h3-7H,2H2,1H3. The van der Waals surface area contributed by atoms with Crippen LogP contribution in [-0.2, 0) is 9.84 Å². The van der Waals surface area contributed by atoms with Gasteiger partial charge >= 0.3 is 6.21 Å². The van der Waals surface area contributed by atoms with E-state index in [0.29, 0.717) is 6.21 Å². The summed E-state index contributed by atoms with van der Waals surface area (Å²) in [4.78, 5) is 14.0. The van der Waals surface area contributed by atoms with Crippen LogP contribution in [0.5, 0.6) is 0 Å². The van der Waals surface area contributed by atoms with E-state index < -0.39 is 15.6 Å². The van der Waals surface area contributed by atoms with E-state index in [9.17, 15) is 13.2 Å². The Bertz CT molecular complexity index is 557. The molecule has 84 valence electrons. The van der Waals surface area contributed by atoms with Crippen LogP contribution in [0.4, 0.5) is 0 Å². The van der Waals surface area contributed by atoms with Gasteiger partial charge in [0, 0.05) is 5.56 Å². The van der Waals surface area contributed by atoms with Crippen molar-refractivity contribution in [2.75, 3.05) is 5.75 Å². The molecule has 0 radical (unpaired) electrons. The summed E-state index contributed by atoms with van der Waals surface area (Å²) in [7, 11) is -3.46. The third-order valence-corrected chi connectivity index (χ3v) is 3.83. The first-order valence-corrected chi connectivity index (χ1v) is 6.21. The van der Waals surface area contributed by atoms with Gasteiger partial charge in [-0.1, -0.05) is 19.1 Å². The fourth-order valence-corrected chi connectivity index (χ4v) is 2.32. The van der Waals surface area contributed by atoms with Gasteiger partial charge < -0.3 is 5.53 Å². The lowest BCUT2D eigenvalue weighted by molar-refractivity contribution is 0.00232. The quantitative estimate of drug-likeness (QED) is 0.339. The average Bonchev–Trinajstić information content (AvgIpc) is 2.29. The first kappa shape index (κ1) is 12.3. The Morgan fingerprint density at radius 2 is 2.06 bits per heavy atom. The second kappa shape index (κ2) is 4.83. The first-order chi connectivity index (χ1) is 7.53. The van der Waals surface area contributed by atoms with Gasteiger partial charge in [-0.05, 0) is 12.1 Å². The molecule has 0 aliphatic heterocycles. The molecule has 0 amide bonds. The van der Waals surface area contributed by atoms with Crippen LogP contribution in [0, 0.1) is 0 Å². The highest BCUT2D eigenvalue weighted by molar-refractivity contribution is 7.91. The van der Waals surface area contributed by atoms with Crippen LogP contribution in [0.1, 0.15) is 17.3 Å². The van der Waals surface area contributed by atoms with Crippen LogP contribution in [-0.4, -0.2) is 31.0 Å². The van der Waals surface area contributed by atoms with Crippen molar-refractivity contribution >= 4 is 21.8 Å². The van der Waals surface area contributed by atoms with Gasteiger partial charge in [0.2, 0.25) is 0 Å². The van der Waals surface area contributed by atoms with Crippen molar-refractivity contribution in [3.8, 4) is 0 Å². The summed E-state index contributed by atoms with van der Waals surface area (Å²) in [6, 6.07) is 5.83. The van der Waals surface area contributed by atoms with Gasteiger partial charge in [-0.15, -0.1) is 0 Å². The van der Waals surface area contributed by atoms with Gasteiger partial charge in [0.25, 0.3) is 5.78 Å². The number of hydrogen-bond acceptors (Lipinski definition) is 3. The van der Waals surface area contributed by atoms with Gasteiger partial charge in [0.15, 0.2) is 9.84 Å². The molecule has 0 saturated carbocycles. The fourth-order valence-electron chi connectivity index (χ4n) is 1.22. The molecule has 0 saturated heterocycles. The molecule has 16 heavy (non-hydrogen) atoms. The smallest absolute Gasteiger partial charge is 0.328 e. The predicted octanol–water partition coefficient (Wildman–Crippen LogP) is 0.964. The number of sulfone groups is 1. The topological polar surface area (TPSA) is 87.6 Å². The Hall–Kier alpha value is -1.78. The number of rotatable bonds is 4. The van der Waals surface area contributed by atoms with E-state index in [1.54, 1.807) is 6.07 Å². The lowest BCUT2D eigenvalue weighted by atomic mass is 10.1. The summed E-state index contributed by atoms with van der Waals surface area (Å²) in [6.45, 7) is 1.50. The van der Waals surface area contributed by atoms with Crippen molar-refractivity contribution in [1.29, 1.82) is 0 Å². The molecular weight excluding hydrogens is 228 g/mol. The summed E-state index contributed by atoms with van der Waals surface area (Å²) >= 11 is 0. The van der Waals surface area contributed by atoms with E-state index in [1.807, 2.05) is 0 Å². The Morgan fingerprint density at radius 1 is 1.44 bits per heavy atom. The van der Waals surface area contributed by atoms with Gasteiger partial charge in [-0.25, -0.2) is 8.42 Å². The highest BCUT2D eigenvalue weighted by Gasteiger charge is 2.20. The van der Waals surface area contributed by atoms with Crippen LogP contribution < -0.4 is 0 Å². The maximum atomic E-state index is 11.7. The highest BCUT2D eigenvalue weighted by atomic mass is 32.2. The van der Waals surface area contributed by atoms with Crippen molar-refractivity contribution in [2.24, 2.45) is 0 Å². The highest BCUT2D eigenvalue weighted by Crippen LogP contribution is 2.16. The molecule has 1 aromatic carbocycles. The molecule has 0 bridgehead atoms. The maximum absolute atomic E-state index is 11.7. The molecule has 0 aliphatic rings. The largest absolute Gasteiger partial charge is 0.361 e. The molecule has 0 spiro atoms. The molecule has 0 heterocycles. The molecule has 5 nitrogen and oxygen atoms in total. The number of hydrogen-bond donors (Lipinski definition) is 0. The van der Waals surface area contributed by atoms with E-state index in [1.165, 1.54) is 25.1 Å². The van der Waals surface area contributed by atoms with Crippen molar-refractivity contribution in [2.45, 2.75) is 11.8 Å². The summed E-state index contributed by atoms with van der Waals surface area (Å²) < 4.78 is 23.3. The number of carbonyl (C=O) groups excluding carboxylic acids is 1. The van der Waals surface area contributed by atoms with Crippen LogP contribution in [0.25, 0.3) is 5.53 Å². The first-order valence-electron chi connectivity index (χ1n) is 4.56. The third-order valence-electron chi connectivity index (χ3n) is 2.04. The number of ketones is 1. The average molecular weight is 238 g/mol. The molecule has 0 N–H and O–H groups in total. The lowest BCUT2D eigenvalue weighted by Crippen LogP contribution is -2.12. The fraction of sp³-hybridized carbons (Fsp3) is 0.200. The van der Waals surface area contributed by atoms with Gasteiger partial charge in [-0.3, -0.25) is 4.79 Å². The zero-order valence-electron chi connectivity index (χ0n) is 8.62. The van der Waals surface area contributed by atoms with Crippen molar-refractivity contribution in [3.05, 3.63) is 35.4 Å². The van der Waals surface area contributed by atoms with Crippen molar-refractivity contribution in [3.63, 3.8) is 0 Å². The van der Waals surface area contributed by atoms with Crippen LogP contribution >= 0.6 is 0 Å². The Morgan fingerprint density at radius 3 is 2.62 bits per heavy atom. The second-order valence-corrected chi connectivity index (χ2v) is 5.26. The van der Waals surface area contributed by atoms with Gasteiger partial charge in [0.05, 0.1) is 10.6 Å². The van der Waals surface area contributed by atoms with E-state index in [-0.39, 0.29) is 16.2 Å². The molecule has 0 aromatic heterocycles. The number of carbonyl (C=O) groups is 1. The second-order valence-electron chi connectivity index (χ2n) is 3.01. The molecule has 1 aromatic rings. The van der Waals surface area contributed by atoms with E-state index in [0.717, 1.165) is 0 Å². The van der Waals surface area contributed by atoms with E-state index in [4.69, 9.17) is 5.53 Å². The summed E-state index contributed by atoms with van der Waals surface area (Å²) in [6.07, 6.45) is 0.671. The van der Waals surface area contributed by atoms with Crippen LogP contribution in [0.15, 0.2) is 29.2 Å². The number of nitrogens with zero attached hydrogens (tertiary/aromatic N) is 2. The molecule has 1 rings (SSSR count). The molecule has 0 atom stereocenters. The van der Waals surface area contributed by atoms with E-state index >= 15 is 0 Å². The zero-order valence-corrected chi connectivity index (χ0v) is 9.44. The molecule has 6 heteroatoms. The SMILES string of the molecule is CCS(=O)(=O)c1ccccc1C(=O)C=[N+]=[N-]. The van der Waals surface area contributed by atoms with Crippen molar-refractivity contribution < 1.29 is 18.0 Å². The number of benzene rings is 1. The van der Waals surface area contributed by atoms with Gasteiger partial charge in [0.1, 0.15) is 0 Å². The summed E-state index contributed by atoms with van der Waals surface area (Å²) in [5.41, 5.74) is 8.26. The Labute approximate surface area is 93.3 Å². The minimum absolute atomic E-state index is 0.0159.